The third kappa shape index (κ3) is 4.32. The molecule has 0 bridgehead atoms. The minimum Gasteiger partial charge on any atom is -0.376 e. The third-order valence-electron chi connectivity index (χ3n) is 3.55. The number of rotatable bonds is 5. The Morgan fingerprint density at radius 3 is 2.30 bits per heavy atom. The lowest BCUT2D eigenvalue weighted by Gasteiger charge is -2.12. The molecule has 5 nitrogen and oxygen atoms in total. The summed E-state index contributed by atoms with van der Waals surface area (Å²) < 4.78 is 0. The molecule has 0 aliphatic heterocycles. The van der Waals surface area contributed by atoms with Crippen molar-refractivity contribution in [2.45, 2.75) is 13.8 Å². The Balaban J connectivity index is 1.98. The quantitative estimate of drug-likeness (QED) is 0.795. The van der Waals surface area contributed by atoms with Crippen LogP contribution in [0.1, 0.15) is 21.5 Å². The normalized spacial score (nSPS) is 10.0. The van der Waals surface area contributed by atoms with Crippen molar-refractivity contribution in [2.75, 3.05) is 24.2 Å². The van der Waals surface area contributed by atoms with E-state index in [-0.39, 0.29) is 18.4 Å². The van der Waals surface area contributed by atoms with Crippen LogP contribution in [0, 0.1) is 13.8 Å². The Bertz CT molecular complexity index is 706. The van der Waals surface area contributed by atoms with Gasteiger partial charge in [0, 0.05) is 24.0 Å². The van der Waals surface area contributed by atoms with Crippen LogP contribution < -0.4 is 16.0 Å². The summed E-state index contributed by atoms with van der Waals surface area (Å²) in [7, 11) is 1.58. The number of aryl methyl sites for hydroxylation is 2. The first kappa shape index (κ1) is 16.5. The molecule has 0 aliphatic rings. The Labute approximate surface area is 136 Å². The van der Waals surface area contributed by atoms with Gasteiger partial charge in [0.15, 0.2) is 0 Å². The molecule has 2 aromatic carbocycles. The van der Waals surface area contributed by atoms with Crippen molar-refractivity contribution in [3.05, 3.63) is 59.2 Å². The van der Waals surface area contributed by atoms with Crippen molar-refractivity contribution in [1.82, 2.24) is 5.32 Å². The van der Waals surface area contributed by atoms with Crippen LogP contribution in [0.4, 0.5) is 11.4 Å². The Morgan fingerprint density at radius 1 is 1.00 bits per heavy atom. The number of benzene rings is 2. The predicted octanol–water partition coefficient (Wildman–Crippen LogP) is 2.71. The van der Waals surface area contributed by atoms with E-state index in [1.54, 1.807) is 25.2 Å². The van der Waals surface area contributed by atoms with E-state index in [1.165, 1.54) is 0 Å². The lowest BCUT2D eigenvalue weighted by Crippen LogP contribution is -2.23. The standard InChI is InChI=1S/C18H21N3O2/c1-12-6-4-7-13(2)17(12)21-16(22)11-20-15-9-5-8-14(10-15)18(23)19-3/h4-10,20H,11H2,1-3H3,(H,19,23)(H,21,22). The van der Waals surface area contributed by atoms with E-state index in [2.05, 4.69) is 16.0 Å². The van der Waals surface area contributed by atoms with E-state index in [1.807, 2.05) is 38.1 Å². The fourth-order valence-electron chi connectivity index (χ4n) is 2.29. The monoisotopic (exact) mass is 311 g/mol. The molecule has 0 heterocycles. The largest absolute Gasteiger partial charge is 0.376 e. The van der Waals surface area contributed by atoms with Gasteiger partial charge in [-0.05, 0) is 43.2 Å². The molecule has 2 amide bonds. The average molecular weight is 311 g/mol. The van der Waals surface area contributed by atoms with E-state index >= 15 is 0 Å². The molecule has 120 valence electrons. The Hall–Kier alpha value is -2.82. The molecule has 23 heavy (non-hydrogen) atoms. The highest BCUT2D eigenvalue weighted by Crippen LogP contribution is 2.19. The zero-order chi connectivity index (χ0) is 16.8. The second-order valence-corrected chi connectivity index (χ2v) is 5.33. The maximum absolute atomic E-state index is 12.1. The number of carbonyl (C=O) groups is 2. The number of carbonyl (C=O) groups excluding carboxylic acids is 2. The maximum atomic E-state index is 12.1. The summed E-state index contributed by atoms with van der Waals surface area (Å²) >= 11 is 0. The maximum Gasteiger partial charge on any atom is 0.251 e. The molecule has 0 radical (unpaired) electrons. The summed E-state index contributed by atoms with van der Waals surface area (Å²) in [6, 6.07) is 12.9. The minimum atomic E-state index is -0.159. The van der Waals surface area contributed by atoms with Gasteiger partial charge in [-0.3, -0.25) is 9.59 Å². The first-order valence-electron chi connectivity index (χ1n) is 7.43. The number of anilines is 2. The molecule has 0 saturated heterocycles. The first-order chi connectivity index (χ1) is 11.0. The molecule has 5 heteroatoms. The third-order valence-corrected chi connectivity index (χ3v) is 3.55. The zero-order valence-electron chi connectivity index (χ0n) is 13.6. The van der Waals surface area contributed by atoms with Gasteiger partial charge in [-0.25, -0.2) is 0 Å². The van der Waals surface area contributed by atoms with Gasteiger partial charge in [-0.1, -0.05) is 24.3 Å². The van der Waals surface area contributed by atoms with Crippen molar-refractivity contribution < 1.29 is 9.59 Å². The molecule has 0 saturated carbocycles. The molecular formula is C18H21N3O2. The first-order valence-corrected chi connectivity index (χ1v) is 7.43. The highest BCUT2D eigenvalue weighted by molar-refractivity contribution is 5.96. The number of hydrogen-bond donors (Lipinski definition) is 3. The highest BCUT2D eigenvalue weighted by Gasteiger charge is 2.08. The topological polar surface area (TPSA) is 70.2 Å². The van der Waals surface area contributed by atoms with E-state index in [0.29, 0.717) is 5.56 Å². The highest BCUT2D eigenvalue weighted by atomic mass is 16.2. The fourth-order valence-corrected chi connectivity index (χ4v) is 2.29. The fraction of sp³-hybridized carbons (Fsp3) is 0.222. The number of nitrogens with one attached hydrogen (secondary N) is 3. The van der Waals surface area contributed by atoms with Crippen molar-refractivity contribution in [1.29, 1.82) is 0 Å². The van der Waals surface area contributed by atoms with Crippen LogP contribution in [0.15, 0.2) is 42.5 Å². The van der Waals surface area contributed by atoms with Gasteiger partial charge in [0.1, 0.15) is 0 Å². The molecular weight excluding hydrogens is 290 g/mol. The van der Waals surface area contributed by atoms with Gasteiger partial charge in [0.25, 0.3) is 5.91 Å². The van der Waals surface area contributed by atoms with Crippen molar-refractivity contribution in [3.8, 4) is 0 Å². The molecule has 2 rings (SSSR count). The zero-order valence-corrected chi connectivity index (χ0v) is 13.6. The summed E-state index contributed by atoms with van der Waals surface area (Å²) in [5.41, 5.74) is 4.17. The predicted molar refractivity (Wildman–Crippen MR) is 92.9 cm³/mol. The van der Waals surface area contributed by atoms with Gasteiger partial charge in [0.05, 0.1) is 6.54 Å². The van der Waals surface area contributed by atoms with Gasteiger partial charge >= 0.3 is 0 Å². The molecule has 0 aliphatic carbocycles. The molecule has 0 fully saturated rings. The minimum absolute atomic E-state index is 0.130. The van der Waals surface area contributed by atoms with Gasteiger partial charge in [-0.15, -0.1) is 0 Å². The van der Waals surface area contributed by atoms with Crippen LogP contribution in [-0.4, -0.2) is 25.4 Å². The van der Waals surface area contributed by atoms with Crippen LogP contribution >= 0.6 is 0 Å². The summed E-state index contributed by atoms with van der Waals surface area (Å²) in [5, 5.41) is 8.52. The lowest BCUT2D eigenvalue weighted by atomic mass is 10.1. The van der Waals surface area contributed by atoms with Crippen LogP contribution in [0.3, 0.4) is 0 Å². The van der Waals surface area contributed by atoms with Crippen LogP contribution in [0.25, 0.3) is 0 Å². The van der Waals surface area contributed by atoms with E-state index in [9.17, 15) is 9.59 Å². The summed E-state index contributed by atoms with van der Waals surface area (Å²) in [4.78, 5) is 23.7. The molecule has 0 spiro atoms. The molecule has 0 aromatic heterocycles. The van der Waals surface area contributed by atoms with Crippen molar-refractivity contribution >= 4 is 23.2 Å². The van der Waals surface area contributed by atoms with Crippen LogP contribution in [0.5, 0.6) is 0 Å². The number of hydrogen-bond acceptors (Lipinski definition) is 3. The number of para-hydroxylation sites is 1. The average Bonchev–Trinajstić information content (AvgIpc) is 2.56. The Kier molecular flexibility index (Phi) is 5.36. The van der Waals surface area contributed by atoms with Gasteiger partial charge < -0.3 is 16.0 Å². The van der Waals surface area contributed by atoms with E-state index < -0.39 is 0 Å². The SMILES string of the molecule is CNC(=O)c1cccc(NCC(=O)Nc2c(C)cccc2C)c1. The van der Waals surface area contributed by atoms with E-state index in [0.717, 1.165) is 22.5 Å². The lowest BCUT2D eigenvalue weighted by molar-refractivity contribution is -0.114. The van der Waals surface area contributed by atoms with Gasteiger partial charge in [-0.2, -0.15) is 0 Å². The Morgan fingerprint density at radius 2 is 1.65 bits per heavy atom. The van der Waals surface area contributed by atoms with Crippen molar-refractivity contribution in [2.24, 2.45) is 0 Å². The summed E-state index contributed by atoms with van der Waals surface area (Å²) in [5.74, 6) is -0.290. The molecule has 0 atom stereocenters. The molecule has 3 N–H and O–H groups in total. The van der Waals surface area contributed by atoms with Crippen LogP contribution in [0.2, 0.25) is 0 Å². The molecule has 0 unspecified atom stereocenters. The van der Waals surface area contributed by atoms with Crippen LogP contribution in [-0.2, 0) is 4.79 Å². The van der Waals surface area contributed by atoms with Gasteiger partial charge in [0.2, 0.25) is 5.91 Å². The second kappa shape index (κ2) is 7.45. The summed E-state index contributed by atoms with van der Waals surface area (Å²) in [6.45, 7) is 4.05. The summed E-state index contributed by atoms with van der Waals surface area (Å²) in [6.07, 6.45) is 0. The molecule has 2 aromatic rings. The second-order valence-electron chi connectivity index (χ2n) is 5.33. The number of amides is 2. The van der Waals surface area contributed by atoms with Crippen molar-refractivity contribution in [3.63, 3.8) is 0 Å². The smallest absolute Gasteiger partial charge is 0.251 e. The van der Waals surface area contributed by atoms with E-state index in [4.69, 9.17) is 0 Å².